The molecular weight excluding hydrogens is 287 g/mol. The van der Waals surface area contributed by atoms with Crippen LogP contribution in [-0.2, 0) is 4.74 Å². The van der Waals surface area contributed by atoms with Gasteiger partial charge >= 0.3 is 11.9 Å². The van der Waals surface area contributed by atoms with Gasteiger partial charge < -0.3 is 9.84 Å². The molecule has 22 heavy (non-hydrogen) atoms. The van der Waals surface area contributed by atoms with E-state index >= 15 is 0 Å². The monoisotopic (exact) mass is 310 g/mol. The second-order valence-corrected chi connectivity index (χ2v) is 6.40. The number of carbonyl (C=O) groups excluding carboxylic acids is 1. The molecule has 0 aliphatic rings. The van der Waals surface area contributed by atoms with Crippen LogP contribution in [0.1, 0.15) is 67.7 Å². The van der Waals surface area contributed by atoms with Crippen LogP contribution in [-0.4, -0.2) is 23.1 Å². The van der Waals surface area contributed by atoms with Crippen molar-refractivity contribution in [2.24, 2.45) is 5.41 Å². The molecule has 1 aromatic carbocycles. The Labute approximate surface area is 130 Å². The first-order valence-electron chi connectivity index (χ1n) is 7.40. The SMILES string of the molecule is CCCCC(OC(=O)c1ccc(F)cc1C(=O)O)C(C)(C)C. The maximum Gasteiger partial charge on any atom is 0.339 e. The molecule has 0 aromatic heterocycles. The minimum absolute atomic E-state index is 0.125. The van der Waals surface area contributed by atoms with Crippen molar-refractivity contribution in [1.29, 1.82) is 0 Å². The molecule has 5 heteroatoms. The molecule has 0 aliphatic carbocycles. The van der Waals surface area contributed by atoms with Gasteiger partial charge in [0.15, 0.2) is 0 Å². The number of hydrogen-bond acceptors (Lipinski definition) is 3. The standard InChI is InChI=1S/C17H23FO4/c1-5-6-7-14(17(2,3)4)22-16(21)12-9-8-11(18)10-13(12)15(19)20/h8-10,14H,5-7H2,1-4H3,(H,19,20). The minimum atomic E-state index is -1.35. The summed E-state index contributed by atoms with van der Waals surface area (Å²) in [6.07, 6.45) is 2.26. The molecule has 0 saturated heterocycles. The molecule has 4 nitrogen and oxygen atoms in total. The van der Waals surface area contributed by atoms with E-state index in [1.165, 1.54) is 0 Å². The van der Waals surface area contributed by atoms with Gasteiger partial charge in [-0.2, -0.15) is 0 Å². The number of carboxylic acids is 1. The van der Waals surface area contributed by atoms with Crippen molar-refractivity contribution in [3.05, 3.63) is 35.1 Å². The van der Waals surface area contributed by atoms with Gasteiger partial charge in [-0.15, -0.1) is 0 Å². The van der Waals surface area contributed by atoms with Crippen molar-refractivity contribution >= 4 is 11.9 Å². The first-order chi connectivity index (χ1) is 10.2. The van der Waals surface area contributed by atoms with E-state index in [0.29, 0.717) is 6.42 Å². The number of aromatic carboxylic acids is 1. The Bertz CT molecular complexity index is 546. The topological polar surface area (TPSA) is 63.6 Å². The van der Waals surface area contributed by atoms with Gasteiger partial charge in [0.2, 0.25) is 0 Å². The number of hydrogen-bond donors (Lipinski definition) is 1. The van der Waals surface area contributed by atoms with Crippen molar-refractivity contribution in [3.63, 3.8) is 0 Å². The number of rotatable bonds is 6. The normalized spacial score (nSPS) is 12.8. The molecular formula is C17H23FO4. The quantitative estimate of drug-likeness (QED) is 0.796. The number of unbranched alkanes of at least 4 members (excludes halogenated alkanes) is 1. The predicted molar refractivity (Wildman–Crippen MR) is 81.5 cm³/mol. The minimum Gasteiger partial charge on any atom is -0.478 e. The van der Waals surface area contributed by atoms with Crippen molar-refractivity contribution in [2.75, 3.05) is 0 Å². The summed E-state index contributed by atoms with van der Waals surface area (Å²) in [6.45, 7) is 7.93. The first kappa shape index (κ1) is 18.1. The van der Waals surface area contributed by atoms with Gasteiger partial charge in [-0.1, -0.05) is 40.5 Å². The highest BCUT2D eigenvalue weighted by atomic mass is 19.1. The van der Waals surface area contributed by atoms with Crippen molar-refractivity contribution < 1.29 is 23.8 Å². The highest BCUT2D eigenvalue weighted by molar-refractivity contribution is 6.02. The fraction of sp³-hybridized carbons (Fsp3) is 0.529. The molecule has 1 unspecified atom stereocenters. The second-order valence-electron chi connectivity index (χ2n) is 6.40. The highest BCUT2D eigenvalue weighted by Gasteiger charge is 2.29. The van der Waals surface area contributed by atoms with E-state index < -0.39 is 17.8 Å². The number of halogens is 1. The van der Waals surface area contributed by atoms with Gasteiger partial charge in [-0.25, -0.2) is 14.0 Å². The zero-order valence-corrected chi connectivity index (χ0v) is 13.5. The lowest BCUT2D eigenvalue weighted by Gasteiger charge is -2.30. The summed E-state index contributed by atoms with van der Waals surface area (Å²) in [7, 11) is 0. The fourth-order valence-electron chi connectivity index (χ4n) is 2.12. The number of ether oxygens (including phenoxy) is 1. The van der Waals surface area contributed by atoms with Crippen LogP contribution in [0.3, 0.4) is 0 Å². The van der Waals surface area contributed by atoms with E-state index in [2.05, 4.69) is 0 Å². The molecule has 0 heterocycles. The summed E-state index contributed by atoms with van der Waals surface area (Å²) in [6, 6.07) is 3.04. The van der Waals surface area contributed by atoms with E-state index in [1.54, 1.807) is 0 Å². The maximum atomic E-state index is 13.2. The Morgan fingerprint density at radius 1 is 1.27 bits per heavy atom. The van der Waals surface area contributed by atoms with Gasteiger partial charge in [-0.05, 0) is 30.0 Å². The highest BCUT2D eigenvalue weighted by Crippen LogP contribution is 2.28. The number of carboxylic acid groups (broad SMARTS) is 1. The number of esters is 1. The molecule has 0 amide bonds. The Morgan fingerprint density at radius 3 is 2.41 bits per heavy atom. The Kier molecular flexibility index (Phi) is 6.09. The third kappa shape index (κ3) is 4.83. The van der Waals surface area contributed by atoms with Gasteiger partial charge in [0, 0.05) is 0 Å². The van der Waals surface area contributed by atoms with Crippen molar-refractivity contribution in [1.82, 2.24) is 0 Å². The lowest BCUT2D eigenvalue weighted by Crippen LogP contribution is -2.32. The third-order valence-electron chi connectivity index (χ3n) is 3.47. The van der Waals surface area contributed by atoms with Gasteiger partial charge in [0.1, 0.15) is 11.9 Å². The van der Waals surface area contributed by atoms with Gasteiger partial charge in [-0.3, -0.25) is 0 Å². The van der Waals surface area contributed by atoms with E-state index in [0.717, 1.165) is 31.0 Å². The van der Waals surface area contributed by atoms with Crippen molar-refractivity contribution in [3.8, 4) is 0 Å². The van der Waals surface area contributed by atoms with Crippen LogP contribution in [0.25, 0.3) is 0 Å². The Hall–Kier alpha value is -1.91. The smallest absolute Gasteiger partial charge is 0.339 e. The summed E-state index contributed by atoms with van der Waals surface area (Å²) < 4.78 is 18.7. The van der Waals surface area contributed by atoms with E-state index in [-0.39, 0.29) is 22.6 Å². The largest absolute Gasteiger partial charge is 0.478 e. The summed E-state index contributed by atoms with van der Waals surface area (Å²) in [5.41, 5.74) is -0.762. The first-order valence-corrected chi connectivity index (χ1v) is 7.40. The average Bonchev–Trinajstić information content (AvgIpc) is 2.41. The Balaban J connectivity index is 3.02. The molecule has 0 spiro atoms. The third-order valence-corrected chi connectivity index (χ3v) is 3.47. The van der Waals surface area contributed by atoms with Crippen LogP contribution < -0.4 is 0 Å². The number of benzene rings is 1. The van der Waals surface area contributed by atoms with Crippen LogP contribution >= 0.6 is 0 Å². The lowest BCUT2D eigenvalue weighted by molar-refractivity contribution is -0.00697. The Morgan fingerprint density at radius 2 is 1.91 bits per heavy atom. The van der Waals surface area contributed by atoms with E-state index in [4.69, 9.17) is 9.84 Å². The zero-order chi connectivity index (χ0) is 16.9. The molecule has 0 bridgehead atoms. The van der Waals surface area contributed by atoms with Gasteiger partial charge in [0.25, 0.3) is 0 Å². The van der Waals surface area contributed by atoms with Crippen LogP contribution in [0.5, 0.6) is 0 Å². The fourth-order valence-corrected chi connectivity index (χ4v) is 2.12. The lowest BCUT2D eigenvalue weighted by atomic mass is 9.86. The summed E-state index contributed by atoms with van der Waals surface area (Å²) in [5.74, 6) is -2.78. The summed E-state index contributed by atoms with van der Waals surface area (Å²) >= 11 is 0. The molecule has 0 radical (unpaired) electrons. The molecule has 1 N–H and O–H groups in total. The molecule has 122 valence electrons. The molecule has 1 rings (SSSR count). The summed E-state index contributed by atoms with van der Waals surface area (Å²) in [5, 5.41) is 9.10. The van der Waals surface area contributed by atoms with Crippen LogP contribution in [0.4, 0.5) is 4.39 Å². The zero-order valence-electron chi connectivity index (χ0n) is 13.5. The summed E-state index contributed by atoms with van der Waals surface area (Å²) in [4.78, 5) is 23.5. The molecule has 0 saturated carbocycles. The maximum absolute atomic E-state index is 13.2. The van der Waals surface area contributed by atoms with E-state index in [1.807, 2.05) is 27.7 Å². The molecule has 0 fully saturated rings. The predicted octanol–water partition coefficient (Wildman–Crippen LogP) is 4.29. The van der Waals surface area contributed by atoms with Gasteiger partial charge in [0.05, 0.1) is 11.1 Å². The van der Waals surface area contributed by atoms with Crippen LogP contribution in [0.2, 0.25) is 0 Å². The van der Waals surface area contributed by atoms with E-state index in [9.17, 15) is 14.0 Å². The molecule has 1 aromatic rings. The van der Waals surface area contributed by atoms with Crippen molar-refractivity contribution in [2.45, 2.75) is 53.1 Å². The van der Waals surface area contributed by atoms with Crippen LogP contribution in [0, 0.1) is 11.2 Å². The van der Waals surface area contributed by atoms with Crippen LogP contribution in [0.15, 0.2) is 18.2 Å². The number of carbonyl (C=O) groups is 2. The average molecular weight is 310 g/mol. The molecule has 1 atom stereocenters. The molecule has 0 aliphatic heterocycles. The second kappa shape index (κ2) is 7.38.